The maximum Gasteiger partial charge on any atom is 0.272 e. The van der Waals surface area contributed by atoms with Gasteiger partial charge in [0, 0.05) is 24.0 Å². The lowest BCUT2D eigenvalue weighted by molar-refractivity contribution is 0.0811. The molecule has 1 aromatic heterocycles. The van der Waals surface area contributed by atoms with Crippen molar-refractivity contribution in [3.05, 3.63) is 29.5 Å². The molecule has 0 aliphatic carbocycles. The number of carbonyl (C=O) groups is 1. The van der Waals surface area contributed by atoms with Gasteiger partial charge in [0.25, 0.3) is 6.43 Å². The number of carbonyl (C=O) groups excluding carboxylic acids is 1. The number of alkyl halides is 2. The largest absolute Gasteiger partial charge is 0.487 e. The Balaban J connectivity index is 1.94. The summed E-state index contributed by atoms with van der Waals surface area (Å²) in [6.45, 7) is -0.0791. The molecule has 7 nitrogen and oxygen atoms in total. The average Bonchev–Trinajstić information content (AvgIpc) is 3.08. The van der Waals surface area contributed by atoms with Crippen LogP contribution in [0.15, 0.2) is 18.2 Å². The highest BCUT2D eigenvalue weighted by molar-refractivity contribution is 7.88. The summed E-state index contributed by atoms with van der Waals surface area (Å²) in [5.41, 5.74) is 1.61. The molecule has 1 aliphatic heterocycles. The second kappa shape index (κ2) is 8.47. The fourth-order valence-electron chi connectivity index (χ4n) is 3.59. The maximum atomic E-state index is 12.7. The summed E-state index contributed by atoms with van der Waals surface area (Å²) in [5, 5.41) is 9.33. The van der Waals surface area contributed by atoms with Crippen molar-refractivity contribution >= 4 is 26.7 Å². The number of piperidine rings is 1. The first kappa shape index (κ1) is 21.2. The van der Waals surface area contributed by atoms with Gasteiger partial charge in [-0.05, 0) is 42.5 Å². The molecule has 1 fully saturated rings. The Labute approximate surface area is 167 Å². The van der Waals surface area contributed by atoms with Gasteiger partial charge in [0.15, 0.2) is 5.78 Å². The number of ether oxygens (including phenoxy) is 1. The van der Waals surface area contributed by atoms with Gasteiger partial charge in [0.05, 0.1) is 18.0 Å². The normalized spacial score (nSPS) is 16.2. The third-order valence-corrected chi connectivity index (χ3v) is 6.32. The van der Waals surface area contributed by atoms with Crippen molar-refractivity contribution in [1.29, 1.82) is 5.26 Å². The van der Waals surface area contributed by atoms with Crippen LogP contribution in [0.25, 0.3) is 10.9 Å². The molecule has 0 radical (unpaired) electrons. The zero-order valence-corrected chi connectivity index (χ0v) is 16.6. The SMILES string of the molecule is CS(=O)(=O)N1CCC(c2cc3[nH]c(C(=O)CC#N)cc3cc2OCC(F)F)CC1. The summed E-state index contributed by atoms with van der Waals surface area (Å²) in [5.74, 6) is -0.123. The van der Waals surface area contributed by atoms with Gasteiger partial charge in [0.1, 0.15) is 18.8 Å². The first-order chi connectivity index (χ1) is 13.7. The number of hydrogen-bond donors (Lipinski definition) is 1. The molecule has 0 unspecified atom stereocenters. The van der Waals surface area contributed by atoms with E-state index in [0.29, 0.717) is 48.1 Å². The van der Waals surface area contributed by atoms with Crippen molar-refractivity contribution in [3.8, 4) is 11.8 Å². The lowest BCUT2D eigenvalue weighted by Crippen LogP contribution is -2.37. The number of benzene rings is 1. The molecule has 156 valence electrons. The number of halogens is 2. The van der Waals surface area contributed by atoms with Crippen LogP contribution in [0.4, 0.5) is 8.78 Å². The Hall–Kier alpha value is -2.51. The summed E-state index contributed by atoms with van der Waals surface area (Å²) in [7, 11) is -3.28. The number of nitrogens with one attached hydrogen (secondary N) is 1. The van der Waals surface area contributed by atoms with Crippen molar-refractivity contribution in [2.45, 2.75) is 31.6 Å². The topological polar surface area (TPSA) is 103 Å². The number of aromatic amines is 1. The standard InChI is InChI=1S/C19H21F2N3O4S/c1-29(26,27)24-6-3-12(4-7-24)14-10-15-13(9-18(14)28-11-19(20)21)8-16(23-15)17(25)2-5-22/h8-10,12,19,23H,2-4,6-7,11H2,1H3. The Morgan fingerprint density at radius 1 is 1.34 bits per heavy atom. The van der Waals surface area contributed by atoms with Gasteiger partial charge in [-0.3, -0.25) is 4.79 Å². The van der Waals surface area contributed by atoms with Crippen LogP contribution in [0.2, 0.25) is 0 Å². The van der Waals surface area contributed by atoms with Crippen molar-refractivity contribution in [3.63, 3.8) is 0 Å². The van der Waals surface area contributed by atoms with Crippen LogP contribution in [0.5, 0.6) is 5.75 Å². The first-order valence-corrected chi connectivity index (χ1v) is 11.0. The van der Waals surface area contributed by atoms with Crippen LogP contribution >= 0.6 is 0 Å². The molecule has 0 atom stereocenters. The van der Waals surface area contributed by atoms with E-state index in [1.807, 2.05) is 0 Å². The molecule has 2 aromatic rings. The fourth-order valence-corrected chi connectivity index (χ4v) is 4.46. The van der Waals surface area contributed by atoms with E-state index in [0.717, 1.165) is 6.26 Å². The van der Waals surface area contributed by atoms with Crippen LogP contribution in [0.1, 0.15) is 41.2 Å². The molecule has 1 aliphatic rings. The molecule has 0 saturated carbocycles. The van der Waals surface area contributed by atoms with E-state index in [2.05, 4.69) is 4.98 Å². The van der Waals surface area contributed by atoms with Gasteiger partial charge in [-0.1, -0.05) is 0 Å². The molecule has 0 bridgehead atoms. The summed E-state index contributed by atoms with van der Waals surface area (Å²) in [4.78, 5) is 15.0. The van der Waals surface area contributed by atoms with Gasteiger partial charge in [0.2, 0.25) is 10.0 Å². The number of ketones is 1. The van der Waals surface area contributed by atoms with Gasteiger partial charge < -0.3 is 9.72 Å². The van der Waals surface area contributed by atoms with E-state index in [9.17, 15) is 22.0 Å². The van der Waals surface area contributed by atoms with Crippen molar-refractivity contribution < 1.29 is 26.7 Å². The highest BCUT2D eigenvalue weighted by atomic mass is 32.2. The Kier molecular flexibility index (Phi) is 6.19. The van der Waals surface area contributed by atoms with E-state index in [-0.39, 0.29) is 23.8 Å². The Bertz CT molecular complexity index is 1050. The maximum absolute atomic E-state index is 12.7. The minimum atomic E-state index is -3.28. The summed E-state index contributed by atoms with van der Waals surface area (Å²) < 4.78 is 55.6. The molecule has 1 N–H and O–H groups in total. The smallest absolute Gasteiger partial charge is 0.272 e. The number of fused-ring (bicyclic) bond motifs is 1. The number of Topliss-reactive ketones (excluding diaryl/α,β-unsaturated/α-hetero) is 1. The zero-order chi connectivity index (χ0) is 21.2. The van der Waals surface area contributed by atoms with Crippen LogP contribution in [-0.4, -0.2) is 55.9 Å². The highest BCUT2D eigenvalue weighted by Gasteiger charge is 2.28. The minimum Gasteiger partial charge on any atom is -0.487 e. The number of sulfonamides is 1. The molecule has 2 heterocycles. The number of hydrogen-bond acceptors (Lipinski definition) is 5. The fraction of sp³-hybridized carbons (Fsp3) is 0.474. The second-order valence-corrected chi connectivity index (χ2v) is 9.04. The lowest BCUT2D eigenvalue weighted by Gasteiger charge is -2.31. The van der Waals surface area contributed by atoms with E-state index in [1.54, 1.807) is 24.3 Å². The second-order valence-electron chi connectivity index (χ2n) is 7.06. The number of rotatable bonds is 7. The Morgan fingerprint density at radius 3 is 2.62 bits per heavy atom. The van der Waals surface area contributed by atoms with Crippen molar-refractivity contribution in [2.75, 3.05) is 26.0 Å². The zero-order valence-electron chi connectivity index (χ0n) is 15.8. The molecule has 1 aromatic carbocycles. The Morgan fingerprint density at radius 2 is 2.03 bits per heavy atom. The molecule has 0 spiro atoms. The van der Waals surface area contributed by atoms with Gasteiger partial charge in [-0.25, -0.2) is 21.5 Å². The van der Waals surface area contributed by atoms with Crippen molar-refractivity contribution in [2.24, 2.45) is 0 Å². The van der Waals surface area contributed by atoms with Crippen molar-refractivity contribution in [1.82, 2.24) is 9.29 Å². The summed E-state index contributed by atoms with van der Waals surface area (Å²) in [6.07, 6.45) is -0.674. The third kappa shape index (κ3) is 4.92. The summed E-state index contributed by atoms with van der Waals surface area (Å²) >= 11 is 0. The molecule has 10 heteroatoms. The van der Waals surface area contributed by atoms with Crippen LogP contribution < -0.4 is 4.74 Å². The first-order valence-electron chi connectivity index (χ1n) is 9.12. The van der Waals surface area contributed by atoms with E-state index < -0.39 is 23.1 Å². The van der Waals surface area contributed by atoms with Gasteiger partial charge in [-0.15, -0.1) is 0 Å². The molecule has 1 saturated heterocycles. The highest BCUT2D eigenvalue weighted by Crippen LogP contribution is 2.38. The van der Waals surface area contributed by atoms with Gasteiger partial charge in [-0.2, -0.15) is 5.26 Å². The van der Waals surface area contributed by atoms with E-state index in [1.165, 1.54) is 4.31 Å². The average molecular weight is 425 g/mol. The van der Waals surface area contributed by atoms with Crippen LogP contribution in [0, 0.1) is 11.3 Å². The summed E-state index contributed by atoms with van der Waals surface area (Å²) in [6, 6.07) is 6.74. The van der Waals surface area contributed by atoms with Crippen LogP contribution in [0.3, 0.4) is 0 Å². The predicted molar refractivity (Wildman–Crippen MR) is 103 cm³/mol. The molecular formula is C19H21F2N3O4S. The monoisotopic (exact) mass is 425 g/mol. The number of nitriles is 1. The number of H-pyrrole nitrogens is 1. The number of aromatic nitrogens is 1. The molecule has 3 rings (SSSR count). The van der Waals surface area contributed by atoms with E-state index >= 15 is 0 Å². The van der Waals surface area contributed by atoms with Crippen LogP contribution in [-0.2, 0) is 10.0 Å². The molecule has 0 amide bonds. The van der Waals surface area contributed by atoms with Gasteiger partial charge >= 0.3 is 0 Å². The minimum absolute atomic E-state index is 0.0633. The quantitative estimate of drug-likeness (QED) is 0.687. The number of nitrogens with zero attached hydrogens (tertiary/aromatic N) is 2. The lowest BCUT2D eigenvalue weighted by atomic mass is 9.89. The third-order valence-electron chi connectivity index (χ3n) is 5.02. The van der Waals surface area contributed by atoms with E-state index in [4.69, 9.17) is 10.00 Å². The molecule has 29 heavy (non-hydrogen) atoms. The molecular weight excluding hydrogens is 404 g/mol. The predicted octanol–water partition coefficient (Wildman–Crippen LogP) is 3.05.